The summed E-state index contributed by atoms with van der Waals surface area (Å²) >= 11 is 6.16. The van der Waals surface area contributed by atoms with Gasteiger partial charge in [-0.15, -0.1) is 0 Å². The smallest absolute Gasteiger partial charge is 0.238 e. The highest BCUT2D eigenvalue weighted by Gasteiger charge is 2.31. The number of carbonyl (C=O) groups is 2. The lowest BCUT2D eigenvalue weighted by molar-refractivity contribution is -0.118. The molecule has 2 amide bonds. The average molecular weight is 416 g/mol. The molecule has 7 heteroatoms. The van der Waals surface area contributed by atoms with Crippen LogP contribution in [0.4, 0.5) is 15.8 Å². The first-order chi connectivity index (χ1) is 13.9. The van der Waals surface area contributed by atoms with Crippen LogP contribution in [0.25, 0.3) is 0 Å². The molecule has 152 valence electrons. The minimum atomic E-state index is -0.350. The summed E-state index contributed by atoms with van der Waals surface area (Å²) in [5.41, 5.74) is 3.09. The molecule has 0 spiro atoms. The van der Waals surface area contributed by atoms with Crippen LogP contribution >= 0.6 is 11.6 Å². The van der Waals surface area contributed by atoms with E-state index in [1.165, 1.54) is 6.07 Å². The third-order valence-corrected chi connectivity index (χ3v) is 5.83. The summed E-state index contributed by atoms with van der Waals surface area (Å²) in [5, 5.41) is 3.31. The van der Waals surface area contributed by atoms with Crippen LogP contribution in [-0.2, 0) is 22.6 Å². The molecule has 0 atom stereocenters. The maximum Gasteiger partial charge on any atom is 0.238 e. The fourth-order valence-corrected chi connectivity index (χ4v) is 4.05. The van der Waals surface area contributed by atoms with Crippen molar-refractivity contribution in [3.63, 3.8) is 0 Å². The lowest BCUT2D eigenvalue weighted by atomic mass is 10.1. The highest BCUT2D eigenvalue weighted by Crippen LogP contribution is 2.32. The van der Waals surface area contributed by atoms with Crippen molar-refractivity contribution in [3.8, 4) is 0 Å². The molecule has 1 saturated carbocycles. The molecule has 0 aromatic heterocycles. The van der Waals surface area contributed by atoms with Gasteiger partial charge in [-0.25, -0.2) is 4.39 Å². The van der Waals surface area contributed by atoms with Crippen LogP contribution in [0.15, 0.2) is 36.4 Å². The minimum Gasteiger partial charge on any atom is -0.325 e. The average Bonchev–Trinajstić information content (AvgIpc) is 3.43. The van der Waals surface area contributed by atoms with E-state index >= 15 is 0 Å². The Morgan fingerprint density at radius 1 is 1.28 bits per heavy atom. The molecule has 29 heavy (non-hydrogen) atoms. The summed E-state index contributed by atoms with van der Waals surface area (Å²) in [6.07, 6.45) is 2.77. The monoisotopic (exact) mass is 415 g/mol. The first-order valence-corrected chi connectivity index (χ1v) is 10.2. The number of rotatable bonds is 6. The number of nitrogens with one attached hydrogen (secondary N) is 1. The Kier molecular flexibility index (Phi) is 5.56. The zero-order valence-electron chi connectivity index (χ0n) is 16.3. The highest BCUT2D eigenvalue weighted by atomic mass is 35.5. The largest absolute Gasteiger partial charge is 0.325 e. The van der Waals surface area contributed by atoms with Gasteiger partial charge in [-0.1, -0.05) is 17.7 Å². The molecule has 4 rings (SSSR count). The van der Waals surface area contributed by atoms with E-state index in [1.54, 1.807) is 24.0 Å². The van der Waals surface area contributed by atoms with Crippen LogP contribution in [0.1, 0.15) is 30.9 Å². The molecule has 0 bridgehead atoms. The van der Waals surface area contributed by atoms with Crippen molar-refractivity contribution in [2.75, 3.05) is 23.3 Å². The molecule has 1 aliphatic heterocycles. The summed E-state index contributed by atoms with van der Waals surface area (Å²) in [6, 6.07) is 10.5. The standard InChI is InChI=1S/C22H23ClFN3O2/c1-14(28)27-10-9-15-11-16(5-8-21(15)27)25-22(29)13-26(17-6-7-17)12-18-19(23)3-2-4-20(18)24/h2-5,8,11,17H,6-7,9-10,12-13H2,1H3,(H,25,29). The quantitative estimate of drug-likeness (QED) is 0.776. The van der Waals surface area contributed by atoms with Crippen molar-refractivity contribution in [1.29, 1.82) is 0 Å². The second kappa shape index (κ2) is 8.13. The Bertz CT molecular complexity index is 941. The third kappa shape index (κ3) is 4.43. The van der Waals surface area contributed by atoms with Gasteiger partial charge < -0.3 is 10.2 Å². The van der Waals surface area contributed by atoms with Gasteiger partial charge in [0.25, 0.3) is 0 Å². The lowest BCUT2D eigenvalue weighted by Crippen LogP contribution is -2.34. The first-order valence-electron chi connectivity index (χ1n) is 9.80. The van der Waals surface area contributed by atoms with Crippen LogP contribution in [0, 0.1) is 5.82 Å². The fourth-order valence-electron chi connectivity index (χ4n) is 3.83. The van der Waals surface area contributed by atoms with Crippen LogP contribution in [0.2, 0.25) is 5.02 Å². The van der Waals surface area contributed by atoms with Gasteiger partial charge in [0.1, 0.15) is 5.82 Å². The van der Waals surface area contributed by atoms with Crippen molar-refractivity contribution < 1.29 is 14.0 Å². The molecule has 1 heterocycles. The second-order valence-electron chi connectivity index (χ2n) is 7.65. The van der Waals surface area contributed by atoms with Crippen molar-refractivity contribution >= 4 is 34.8 Å². The maximum absolute atomic E-state index is 14.2. The number of amides is 2. The molecule has 0 saturated heterocycles. The van der Waals surface area contributed by atoms with Gasteiger partial charge in [0.05, 0.1) is 6.54 Å². The maximum atomic E-state index is 14.2. The first kappa shape index (κ1) is 19.9. The van der Waals surface area contributed by atoms with E-state index in [0.29, 0.717) is 29.4 Å². The van der Waals surface area contributed by atoms with Gasteiger partial charge >= 0.3 is 0 Å². The van der Waals surface area contributed by atoms with E-state index in [4.69, 9.17) is 11.6 Å². The van der Waals surface area contributed by atoms with Crippen LogP contribution in [-0.4, -0.2) is 35.8 Å². The number of benzene rings is 2. The predicted octanol–water partition coefficient (Wildman–Crippen LogP) is 3.99. The van der Waals surface area contributed by atoms with Crippen LogP contribution < -0.4 is 10.2 Å². The Labute approximate surface area is 174 Å². The molecule has 2 aliphatic rings. The lowest BCUT2D eigenvalue weighted by Gasteiger charge is -2.22. The second-order valence-corrected chi connectivity index (χ2v) is 8.06. The minimum absolute atomic E-state index is 0.0208. The molecular weight excluding hydrogens is 393 g/mol. The summed E-state index contributed by atoms with van der Waals surface area (Å²) in [5.74, 6) is -0.477. The Balaban J connectivity index is 1.42. The predicted molar refractivity (Wildman–Crippen MR) is 112 cm³/mol. The molecule has 2 aromatic rings. The van der Waals surface area contributed by atoms with E-state index < -0.39 is 0 Å². The van der Waals surface area contributed by atoms with Crippen LogP contribution in [0.3, 0.4) is 0 Å². The number of hydrogen-bond donors (Lipinski definition) is 1. The summed E-state index contributed by atoms with van der Waals surface area (Å²) in [6.45, 7) is 2.70. The molecule has 1 aliphatic carbocycles. The van der Waals surface area contributed by atoms with E-state index in [-0.39, 0.29) is 30.2 Å². The number of carbonyl (C=O) groups excluding carboxylic acids is 2. The zero-order valence-corrected chi connectivity index (χ0v) is 17.0. The van der Waals surface area contributed by atoms with Crippen molar-refractivity contribution in [2.45, 2.75) is 38.8 Å². The molecule has 2 aromatic carbocycles. The number of nitrogens with zero attached hydrogens (tertiary/aromatic N) is 2. The van der Waals surface area contributed by atoms with E-state index in [9.17, 15) is 14.0 Å². The molecule has 1 fully saturated rings. The van der Waals surface area contributed by atoms with Gasteiger partial charge in [0, 0.05) is 48.0 Å². The third-order valence-electron chi connectivity index (χ3n) is 5.47. The number of anilines is 2. The molecule has 1 N–H and O–H groups in total. The van der Waals surface area contributed by atoms with Gasteiger partial charge in [-0.05, 0) is 55.2 Å². The molecule has 5 nitrogen and oxygen atoms in total. The van der Waals surface area contributed by atoms with Gasteiger partial charge in [-0.2, -0.15) is 0 Å². The van der Waals surface area contributed by atoms with Crippen molar-refractivity contribution in [2.24, 2.45) is 0 Å². The highest BCUT2D eigenvalue weighted by molar-refractivity contribution is 6.31. The van der Waals surface area contributed by atoms with Crippen LogP contribution in [0.5, 0.6) is 0 Å². The number of halogens is 2. The van der Waals surface area contributed by atoms with Gasteiger partial charge in [0.2, 0.25) is 11.8 Å². The van der Waals surface area contributed by atoms with E-state index in [0.717, 1.165) is 30.5 Å². The van der Waals surface area contributed by atoms with Gasteiger partial charge in [-0.3, -0.25) is 14.5 Å². The van der Waals surface area contributed by atoms with E-state index in [1.807, 2.05) is 23.1 Å². The topological polar surface area (TPSA) is 52.7 Å². The van der Waals surface area contributed by atoms with E-state index in [2.05, 4.69) is 5.32 Å². The summed E-state index contributed by atoms with van der Waals surface area (Å²) in [4.78, 5) is 28.0. The SMILES string of the molecule is CC(=O)N1CCc2cc(NC(=O)CN(Cc3c(F)cccc3Cl)C3CC3)ccc21. The molecular formula is C22H23ClFN3O2. The van der Waals surface area contributed by atoms with Crippen molar-refractivity contribution in [1.82, 2.24) is 4.90 Å². The Hall–Kier alpha value is -2.44. The molecule has 0 unspecified atom stereocenters. The Morgan fingerprint density at radius 3 is 2.76 bits per heavy atom. The van der Waals surface area contributed by atoms with Crippen molar-refractivity contribution in [3.05, 3.63) is 58.4 Å². The fraction of sp³-hybridized carbons (Fsp3) is 0.364. The summed E-state index contributed by atoms with van der Waals surface area (Å²) in [7, 11) is 0. The number of hydrogen-bond acceptors (Lipinski definition) is 3. The number of fused-ring (bicyclic) bond motifs is 1. The normalized spacial score (nSPS) is 15.5. The zero-order chi connectivity index (χ0) is 20.5. The molecule has 0 radical (unpaired) electrons. The summed E-state index contributed by atoms with van der Waals surface area (Å²) < 4.78 is 14.2. The Morgan fingerprint density at radius 2 is 2.07 bits per heavy atom. The van der Waals surface area contributed by atoms with Gasteiger partial charge in [0.15, 0.2) is 0 Å².